The minimum absolute atomic E-state index is 0.181. The van der Waals surface area contributed by atoms with Gasteiger partial charge in [0.15, 0.2) is 24.6 Å². The molecule has 0 spiro atoms. The third-order valence-electron chi connectivity index (χ3n) is 5.39. The van der Waals surface area contributed by atoms with Crippen LogP contribution in [0.4, 0.5) is 0 Å². The van der Waals surface area contributed by atoms with Crippen molar-refractivity contribution in [2.45, 2.75) is 96.9 Å². The normalized spacial score (nSPS) is 24.7. The molecule has 0 N–H and O–H groups in total. The van der Waals surface area contributed by atoms with E-state index in [0.717, 1.165) is 0 Å². The second-order valence-corrected chi connectivity index (χ2v) is 9.22. The van der Waals surface area contributed by atoms with Gasteiger partial charge in [0.25, 0.3) is 0 Å². The number of terminal acetylenes is 1. The minimum atomic E-state index is -1.08. The van der Waals surface area contributed by atoms with Crippen LogP contribution in [0.5, 0.6) is 0 Å². The van der Waals surface area contributed by atoms with E-state index in [4.69, 9.17) is 30.1 Å². The molecule has 1 saturated heterocycles. The van der Waals surface area contributed by atoms with Gasteiger partial charge in [-0.1, -0.05) is 20.8 Å². The minimum Gasteiger partial charge on any atom is -0.455 e. The number of nitrogens with zero attached hydrogens (tertiary/aromatic N) is 1. The summed E-state index contributed by atoms with van der Waals surface area (Å²) in [6.45, 7) is 8.66. The highest BCUT2D eigenvalue weighted by Gasteiger charge is 2.51. The van der Waals surface area contributed by atoms with E-state index in [-0.39, 0.29) is 25.9 Å². The van der Waals surface area contributed by atoms with E-state index < -0.39 is 48.6 Å². The number of ether oxygens (including phenoxy) is 5. The van der Waals surface area contributed by atoms with Crippen molar-refractivity contribution in [3.8, 4) is 12.3 Å². The number of hydrogen-bond acceptors (Lipinski definition) is 8. The first kappa shape index (κ1) is 29.9. The predicted octanol–water partition coefficient (Wildman–Crippen LogP) is 2.59. The fourth-order valence-electron chi connectivity index (χ4n) is 3.52. The van der Waals surface area contributed by atoms with Gasteiger partial charge in [-0.05, 0) is 32.1 Å². The molecule has 34 heavy (non-hydrogen) atoms. The van der Waals surface area contributed by atoms with Gasteiger partial charge >= 0.3 is 17.9 Å². The van der Waals surface area contributed by atoms with Gasteiger partial charge in [0.2, 0.25) is 0 Å². The zero-order chi connectivity index (χ0) is 25.7. The third kappa shape index (κ3) is 10.00. The molecule has 0 saturated carbocycles. The highest BCUT2D eigenvalue weighted by atomic mass is 16.7. The molecule has 0 amide bonds. The van der Waals surface area contributed by atoms with E-state index in [1.54, 1.807) is 6.92 Å². The van der Waals surface area contributed by atoms with Crippen LogP contribution in [0, 0.1) is 12.3 Å². The maximum absolute atomic E-state index is 12.5. The number of carbonyl (C=O) groups excluding carboxylic acids is 3. The zero-order valence-corrected chi connectivity index (χ0v) is 21.5. The molecule has 1 fully saturated rings. The van der Waals surface area contributed by atoms with Crippen LogP contribution in [0.2, 0.25) is 0 Å². The van der Waals surface area contributed by atoms with Gasteiger partial charge < -0.3 is 28.2 Å². The summed E-state index contributed by atoms with van der Waals surface area (Å²) in [5.74, 6) is 1.25. The lowest BCUT2D eigenvalue weighted by Gasteiger charge is -2.43. The van der Waals surface area contributed by atoms with Crippen molar-refractivity contribution in [2.24, 2.45) is 0 Å². The highest BCUT2D eigenvalue weighted by molar-refractivity contribution is 5.71. The summed E-state index contributed by atoms with van der Waals surface area (Å²) >= 11 is 0. The van der Waals surface area contributed by atoms with Crippen molar-refractivity contribution in [1.82, 2.24) is 0 Å². The second-order valence-electron chi connectivity index (χ2n) is 9.22. The first-order valence-electron chi connectivity index (χ1n) is 12.2. The number of hydrogen-bond donors (Lipinski definition) is 0. The molecule has 0 bridgehead atoms. The van der Waals surface area contributed by atoms with Crippen molar-refractivity contribution in [2.75, 3.05) is 33.8 Å². The summed E-state index contributed by atoms with van der Waals surface area (Å²) in [5, 5.41) is 0. The molecule has 5 atom stereocenters. The predicted molar refractivity (Wildman–Crippen MR) is 125 cm³/mol. The van der Waals surface area contributed by atoms with Gasteiger partial charge in [-0.25, -0.2) is 0 Å². The first-order valence-corrected chi connectivity index (χ1v) is 12.2. The third-order valence-corrected chi connectivity index (χ3v) is 5.39. The largest absolute Gasteiger partial charge is 0.455 e. The lowest BCUT2D eigenvalue weighted by molar-refractivity contribution is -0.883. The van der Waals surface area contributed by atoms with Crippen LogP contribution in [-0.2, 0) is 38.1 Å². The summed E-state index contributed by atoms with van der Waals surface area (Å²) < 4.78 is 29.6. The van der Waals surface area contributed by atoms with Crippen LogP contribution in [-0.4, -0.2) is 86.9 Å². The average Bonchev–Trinajstić information content (AvgIpc) is 2.73. The quantitative estimate of drug-likeness (QED) is 0.161. The molecule has 1 aliphatic heterocycles. The van der Waals surface area contributed by atoms with Crippen molar-refractivity contribution < 1.29 is 42.6 Å². The van der Waals surface area contributed by atoms with Gasteiger partial charge in [-0.2, -0.15) is 0 Å². The molecule has 9 nitrogen and oxygen atoms in total. The number of carbonyl (C=O) groups is 3. The number of esters is 3. The Morgan fingerprint density at radius 3 is 1.79 bits per heavy atom. The lowest BCUT2D eigenvalue weighted by atomic mass is 9.98. The number of quaternary nitrogens is 1. The Morgan fingerprint density at radius 1 is 0.853 bits per heavy atom. The van der Waals surface area contributed by atoms with Crippen LogP contribution < -0.4 is 0 Å². The van der Waals surface area contributed by atoms with E-state index >= 15 is 0 Å². The molecule has 194 valence electrons. The molecule has 0 aliphatic carbocycles. The molecule has 0 radical (unpaired) electrons. The second kappa shape index (κ2) is 15.0. The SMILES string of the molecule is C#CC[N+](C)(C)CCOC1O[C@@H](C)[C@@H](OC(=O)CCC)[C@@H](OC(=O)CCC)[C@@H]1OC(=O)CCC. The van der Waals surface area contributed by atoms with Gasteiger partial charge in [0, 0.05) is 19.3 Å². The Labute approximate surface area is 204 Å². The summed E-state index contributed by atoms with van der Waals surface area (Å²) in [4.78, 5) is 37.2. The molecule has 1 heterocycles. The monoisotopic (exact) mass is 484 g/mol. The van der Waals surface area contributed by atoms with Crippen LogP contribution in [0.3, 0.4) is 0 Å². The molecule has 1 unspecified atom stereocenters. The van der Waals surface area contributed by atoms with Crippen molar-refractivity contribution in [3.63, 3.8) is 0 Å². The van der Waals surface area contributed by atoms with Crippen LogP contribution in [0.1, 0.15) is 66.2 Å². The molecule has 1 rings (SSSR count). The average molecular weight is 485 g/mol. The van der Waals surface area contributed by atoms with Crippen molar-refractivity contribution in [3.05, 3.63) is 0 Å². The van der Waals surface area contributed by atoms with E-state index in [9.17, 15) is 14.4 Å². The molecule has 0 aromatic heterocycles. The lowest BCUT2D eigenvalue weighted by Crippen LogP contribution is -2.61. The smallest absolute Gasteiger partial charge is 0.306 e. The van der Waals surface area contributed by atoms with Crippen molar-refractivity contribution in [1.29, 1.82) is 0 Å². The Morgan fingerprint density at radius 2 is 1.32 bits per heavy atom. The van der Waals surface area contributed by atoms with Gasteiger partial charge in [-0.15, -0.1) is 6.42 Å². The van der Waals surface area contributed by atoms with Gasteiger partial charge in [0.1, 0.15) is 13.1 Å². The van der Waals surface area contributed by atoms with Crippen molar-refractivity contribution >= 4 is 17.9 Å². The number of rotatable bonds is 14. The van der Waals surface area contributed by atoms with Crippen LogP contribution >= 0.6 is 0 Å². The highest BCUT2D eigenvalue weighted by Crippen LogP contribution is 2.30. The molecule has 1 aliphatic rings. The summed E-state index contributed by atoms with van der Waals surface area (Å²) in [7, 11) is 3.95. The van der Waals surface area contributed by atoms with E-state index in [2.05, 4.69) is 5.92 Å². The fraction of sp³-hybridized carbons (Fsp3) is 0.800. The maximum atomic E-state index is 12.5. The fourth-order valence-corrected chi connectivity index (χ4v) is 3.52. The number of likely N-dealkylation sites (N-methyl/N-ethyl adjacent to an activating group) is 1. The Hall–Kier alpha value is -2.15. The zero-order valence-electron chi connectivity index (χ0n) is 21.5. The molecular formula is C25H42NO8+. The van der Waals surface area contributed by atoms with E-state index in [0.29, 0.717) is 36.8 Å². The summed E-state index contributed by atoms with van der Waals surface area (Å²) in [5.41, 5.74) is 0. The Balaban J connectivity index is 3.18. The van der Waals surface area contributed by atoms with Crippen LogP contribution in [0.15, 0.2) is 0 Å². The van der Waals surface area contributed by atoms with Gasteiger partial charge in [0.05, 0.1) is 26.8 Å². The maximum Gasteiger partial charge on any atom is 0.306 e. The first-order chi connectivity index (χ1) is 16.1. The van der Waals surface area contributed by atoms with E-state index in [1.807, 2.05) is 34.9 Å². The van der Waals surface area contributed by atoms with E-state index in [1.165, 1.54) is 0 Å². The summed E-state index contributed by atoms with van der Waals surface area (Å²) in [6.07, 6.45) is 3.06. The summed E-state index contributed by atoms with van der Waals surface area (Å²) in [6, 6.07) is 0. The topological polar surface area (TPSA) is 97.4 Å². The molecular weight excluding hydrogens is 442 g/mol. The van der Waals surface area contributed by atoms with Gasteiger partial charge in [-0.3, -0.25) is 14.4 Å². The Bertz CT molecular complexity index is 702. The standard InChI is InChI=1S/C25H42NO8/c1-8-12-19(27)32-22-18(5)31-25(30-17-16-26(6,7)15-11-4)24(34-21(29)14-10-3)23(22)33-20(28)13-9-2/h4,18,22-25H,8-10,12-17H2,1-3,5-7H3/q+1/t18-,22+,23+,24-,25?/m0/s1. The van der Waals surface area contributed by atoms with Crippen LogP contribution in [0.25, 0.3) is 0 Å². The molecule has 9 heteroatoms. The Kier molecular flexibility index (Phi) is 13.2. The molecule has 0 aromatic carbocycles. The molecule has 0 aromatic rings.